The number of rotatable bonds is 6. The molecule has 214 valence electrons. The Labute approximate surface area is 239 Å². The Hall–Kier alpha value is -3.90. The van der Waals surface area contributed by atoms with E-state index in [1.54, 1.807) is 23.4 Å². The lowest BCUT2D eigenvalue weighted by Crippen LogP contribution is -2.36. The number of thiazole rings is 1. The number of amides is 1. The van der Waals surface area contributed by atoms with Crippen LogP contribution >= 0.6 is 11.3 Å². The van der Waals surface area contributed by atoms with Crippen LogP contribution in [0.4, 0.5) is 23.7 Å². The molecule has 0 bridgehead atoms. The lowest BCUT2D eigenvalue weighted by atomic mass is 10.0. The maximum absolute atomic E-state index is 14.1. The van der Waals surface area contributed by atoms with Crippen LogP contribution in [0.3, 0.4) is 0 Å². The number of carbonyl (C=O) groups is 1. The van der Waals surface area contributed by atoms with Gasteiger partial charge in [0, 0.05) is 45.5 Å². The zero-order chi connectivity index (χ0) is 28.9. The Morgan fingerprint density at radius 1 is 1.15 bits per heavy atom. The fourth-order valence-electron chi connectivity index (χ4n) is 5.59. The molecule has 2 saturated heterocycles. The third-order valence-corrected chi connectivity index (χ3v) is 8.73. The summed E-state index contributed by atoms with van der Waals surface area (Å²) < 4.78 is 50.2. The van der Waals surface area contributed by atoms with E-state index in [1.165, 1.54) is 22.1 Å². The summed E-state index contributed by atoms with van der Waals surface area (Å²) in [5, 5.41) is 4.52. The second kappa shape index (κ2) is 10.5. The molecule has 2 unspecified atom stereocenters. The highest BCUT2D eigenvalue weighted by Crippen LogP contribution is 2.39. The molecule has 2 aromatic heterocycles. The van der Waals surface area contributed by atoms with E-state index in [2.05, 4.69) is 16.7 Å². The number of hydrogen-bond acceptors (Lipinski definition) is 7. The third-order valence-electron chi connectivity index (χ3n) is 7.82. The number of carbonyl (C=O) groups excluding carboxylic acids is 1. The topological polar surface area (TPSA) is 66.7 Å². The predicted octanol–water partition coefficient (Wildman–Crippen LogP) is 6.31. The van der Waals surface area contributed by atoms with E-state index in [1.807, 2.05) is 48.0 Å². The Morgan fingerprint density at radius 3 is 2.56 bits per heavy atom. The van der Waals surface area contributed by atoms with Crippen molar-refractivity contribution in [2.24, 2.45) is 11.8 Å². The Bertz CT molecular complexity index is 1570. The molecular weight excluding hydrogens is 553 g/mol. The maximum atomic E-state index is 14.1. The van der Waals surface area contributed by atoms with Gasteiger partial charge in [-0.15, -0.1) is 0 Å². The Kier molecular flexibility index (Phi) is 6.98. The SMILES string of the molecule is C=C(C)N(C)c1cnn(C(=O)N2CC3CN(Cc4ccc(Oc5nc6ccccc6s5)cc4C(F)(F)F)CC3C2)c1. The van der Waals surface area contributed by atoms with Gasteiger partial charge in [-0.25, -0.2) is 9.78 Å². The molecule has 0 N–H and O–H groups in total. The first-order chi connectivity index (χ1) is 19.5. The number of likely N-dealkylation sites (tertiary alicyclic amines) is 2. The quantitative estimate of drug-likeness (QED) is 0.266. The molecule has 1 amide bonds. The number of aromatic nitrogens is 3. The molecule has 2 aliphatic rings. The van der Waals surface area contributed by atoms with Crippen molar-refractivity contribution in [3.05, 3.63) is 78.3 Å². The van der Waals surface area contributed by atoms with Crippen LogP contribution in [-0.2, 0) is 12.7 Å². The van der Waals surface area contributed by atoms with Gasteiger partial charge >= 0.3 is 12.2 Å². The van der Waals surface area contributed by atoms with Crippen LogP contribution in [-0.4, -0.2) is 63.8 Å². The molecular formula is C29H29F3N6O2S. The molecule has 6 rings (SSSR count). The first kappa shape index (κ1) is 27.3. The average Bonchev–Trinajstić information content (AvgIpc) is 3.70. The van der Waals surface area contributed by atoms with Gasteiger partial charge in [0.25, 0.3) is 5.19 Å². The van der Waals surface area contributed by atoms with Crippen molar-refractivity contribution in [3.63, 3.8) is 0 Å². The zero-order valence-corrected chi connectivity index (χ0v) is 23.5. The lowest BCUT2D eigenvalue weighted by Gasteiger charge is -2.23. The number of para-hydroxylation sites is 1. The molecule has 41 heavy (non-hydrogen) atoms. The third kappa shape index (κ3) is 5.53. The van der Waals surface area contributed by atoms with E-state index < -0.39 is 11.7 Å². The van der Waals surface area contributed by atoms with Gasteiger partial charge in [0.15, 0.2) is 0 Å². The van der Waals surface area contributed by atoms with Crippen LogP contribution in [0, 0.1) is 11.8 Å². The van der Waals surface area contributed by atoms with Gasteiger partial charge in [0.1, 0.15) is 5.75 Å². The minimum atomic E-state index is -4.53. The van der Waals surface area contributed by atoms with Crippen molar-refractivity contribution < 1.29 is 22.7 Å². The van der Waals surface area contributed by atoms with Crippen LogP contribution < -0.4 is 9.64 Å². The van der Waals surface area contributed by atoms with E-state index in [-0.39, 0.29) is 35.7 Å². The minimum absolute atomic E-state index is 0.101. The van der Waals surface area contributed by atoms with Crippen molar-refractivity contribution in [3.8, 4) is 10.9 Å². The summed E-state index contributed by atoms with van der Waals surface area (Å²) in [6, 6.07) is 11.4. The summed E-state index contributed by atoms with van der Waals surface area (Å²) in [6.45, 7) is 8.29. The number of halogens is 3. The van der Waals surface area contributed by atoms with Gasteiger partial charge in [-0.05, 0) is 48.6 Å². The number of alkyl halides is 3. The van der Waals surface area contributed by atoms with Gasteiger partial charge in [0.05, 0.1) is 33.9 Å². The first-order valence-electron chi connectivity index (χ1n) is 13.2. The Balaban J connectivity index is 1.10. The summed E-state index contributed by atoms with van der Waals surface area (Å²) >= 11 is 1.29. The highest BCUT2D eigenvalue weighted by atomic mass is 32.1. The maximum Gasteiger partial charge on any atom is 0.416 e. The number of benzene rings is 2. The zero-order valence-electron chi connectivity index (χ0n) is 22.6. The lowest BCUT2D eigenvalue weighted by molar-refractivity contribution is -0.138. The number of nitrogens with zero attached hydrogens (tertiary/aromatic N) is 6. The molecule has 2 aliphatic heterocycles. The van der Waals surface area contributed by atoms with Crippen LogP contribution in [0.1, 0.15) is 18.1 Å². The fraction of sp³-hybridized carbons (Fsp3) is 0.345. The largest absolute Gasteiger partial charge is 0.431 e. The van der Waals surface area contributed by atoms with E-state index >= 15 is 0 Å². The molecule has 2 fully saturated rings. The van der Waals surface area contributed by atoms with Gasteiger partial charge in [0.2, 0.25) is 0 Å². The summed E-state index contributed by atoms with van der Waals surface area (Å²) in [4.78, 5) is 23.1. The van der Waals surface area contributed by atoms with E-state index in [4.69, 9.17) is 4.74 Å². The summed E-state index contributed by atoms with van der Waals surface area (Å²) in [7, 11) is 1.86. The molecule has 8 nitrogen and oxygen atoms in total. The standard InChI is InChI=1S/C29H29F3N6O2S/c1-18(2)35(3)22-11-33-38(17-22)28(39)37-15-20-13-36(14-21(20)16-37)12-19-8-9-23(10-24(19)29(30,31)32)40-27-34-25-6-4-5-7-26(25)41-27/h4-11,17,20-21H,1,12-16H2,2-3H3. The van der Waals surface area contributed by atoms with Gasteiger partial charge in [-0.2, -0.15) is 23.0 Å². The van der Waals surface area contributed by atoms with Crippen LogP contribution in [0.5, 0.6) is 10.9 Å². The molecule has 0 aliphatic carbocycles. The summed E-state index contributed by atoms with van der Waals surface area (Å²) in [5.41, 5.74) is 1.84. The molecule has 2 atom stereocenters. The monoisotopic (exact) mass is 582 g/mol. The second-order valence-corrected chi connectivity index (χ2v) is 11.7. The molecule has 4 aromatic rings. The van der Waals surface area contributed by atoms with E-state index in [9.17, 15) is 18.0 Å². The van der Waals surface area contributed by atoms with Crippen molar-refractivity contribution in [2.45, 2.75) is 19.6 Å². The number of anilines is 1. The average molecular weight is 583 g/mol. The number of hydrogen-bond donors (Lipinski definition) is 0. The smallest absolute Gasteiger partial charge is 0.416 e. The van der Waals surface area contributed by atoms with Gasteiger partial charge in [-0.1, -0.05) is 36.1 Å². The van der Waals surface area contributed by atoms with Crippen molar-refractivity contribution in [1.82, 2.24) is 24.6 Å². The Morgan fingerprint density at radius 2 is 1.88 bits per heavy atom. The molecule has 2 aromatic carbocycles. The molecule has 0 saturated carbocycles. The van der Waals surface area contributed by atoms with E-state index in [0.717, 1.165) is 27.7 Å². The summed E-state index contributed by atoms with van der Waals surface area (Å²) in [5.74, 6) is 0.495. The highest BCUT2D eigenvalue weighted by Gasteiger charge is 2.43. The van der Waals surface area contributed by atoms with Crippen LogP contribution in [0.25, 0.3) is 10.2 Å². The fourth-order valence-corrected chi connectivity index (χ4v) is 6.42. The predicted molar refractivity (Wildman–Crippen MR) is 151 cm³/mol. The van der Waals surface area contributed by atoms with Gasteiger partial charge < -0.3 is 14.5 Å². The van der Waals surface area contributed by atoms with Crippen LogP contribution in [0.2, 0.25) is 0 Å². The normalized spacial score (nSPS) is 19.1. The van der Waals surface area contributed by atoms with Gasteiger partial charge in [-0.3, -0.25) is 4.90 Å². The second-order valence-electron chi connectivity index (χ2n) is 10.7. The molecule has 0 radical (unpaired) electrons. The molecule has 12 heteroatoms. The number of allylic oxidation sites excluding steroid dienone is 1. The van der Waals surface area contributed by atoms with Crippen molar-refractivity contribution in [1.29, 1.82) is 0 Å². The van der Waals surface area contributed by atoms with Crippen molar-refractivity contribution in [2.75, 3.05) is 38.1 Å². The number of ether oxygens (including phenoxy) is 1. The number of fused-ring (bicyclic) bond motifs is 2. The minimum Gasteiger partial charge on any atom is -0.431 e. The molecule has 0 spiro atoms. The summed E-state index contributed by atoms with van der Waals surface area (Å²) in [6.07, 6.45) is -1.22. The van der Waals surface area contributed by atoms with E-state index in [0.29, 0.717) is 31.4 Å². The first-order valence-corrected chi connectivity index (χ1v) is 14.1. The molecule has 4 heterocycles. The van der Waals surface area contributed by atoms with Crippen molar-refractivity contribution >= 4 is 33.3 Å². The highest BCUT2D eigenvalue weighted by molar-refractivity contribution is 7.20. The van der Waals surface area contributed by atoms with Crippen LogP contribution in [0.15, 0.2) is 67.1 Å².